The molecular formula is C21H20N2O2. The van der Waals surface area contributed by atoms with Gasteiger partial charge < -0.3 is 9.15 Å². The molecule has 0 aliphatic heterocycles. The molecule has 0 N–H and O–H groups in total. The molecular weight excluding hydrogens is 312 g/mol. The van der Waals surface area contributed by atoms with Crippen LogP contribution in [-0.2, 0) is 13.0 Å². The molecule has 2 aromatic carbocycles. The number of nitriles is 1. The van der Waals surface area contributed by atoms with Crippen LogP contribution >= 0.6 is 0 Å². The topological polar surface area (TPSA) is 59.1 Å². The Bertz CT molecular complexity index is 846. The van der Waals surface area contributed by atoms with Gasteiger partial charge in [0.25, 0.3) is 0 Å². The molecule has 0 saturated carbocycles. The first-order valence-electron chi connectivity index (χ1n) is 8.36. The Morgan fingerprint density at radius 3 is 2.56 bits per heavy atom. The van der Waals surface area contributed by atoms with Crippen molar-refractivity contribution < 1.29 is 9.15 Å². The zero-order valence-corrected chi connectivity index (χ0v) is 14.2. The summed E-state index contributed by atoms with van der Waals surface area (Å²) in [4.78, 5) is 4.54. The number of rotatable bonds is 7. The third-order valence-electron chi connectivity index (χ3n) is 3.97. The summed E-state index contributed by atoms with van der Waals surface area (Å²) in [6, 6.07) is 20.0. The molecule has 0 fully saturated rings. The fourth-order valence-electron chi connectivity index (χ4n) is 2.54. The van der Waals surface area contributed by atoms with E-state index in [2.05, 4.69) is 11.1 Å². The Morgan fingerprint density at radius 2 is 1.84 bits per heavy atom. The van der Waals surface area contributed by atoms with Gasteiger partial charge in [-0.1, -0.05) is 30.3 Å². The van der Waals surface area contributed by atoms with Crippen LogP contribution in [0.2, 0.25) is 0 Å². The monoisotopic (exact) mass is 332 g/mol. The molecule has 0 saturated heterocycles. The lowest BCUT2D eigenvalue weighted by Gasteiger charge is -2.06. The minimum atomic E-state index is 0.371. The molecule has 0 amide bonds. The van der Waals surface area contributed by atoms with Gasteiger partial charge in [0.05, 0.1) is 6.07 Å². The first-order chi connectivity index (χ1) is 12.3. The van der Waals surface area contributed by atoms with Gasteiger partial charge in [0.1, 0.15) is 23.8 Å². The van der Waals surface area contributed by atoms with Crippen molar-refractivity contribution in [2.24, 2.45) is 0 Å². The molecule has 0 aliphatic carbocycles. The van der Waals surface area contributed by atoms with Crippen LogP contribution in [0.4, 0.5) is 0 Å². The summed E-state index contributed by atoms with van der Waals surface area (Å²) >= 11 is 0. The zero-order chi connectivity index (χ0) is 17.5. The molecule has 0 atom stereocenters. The van der Waals surface area contributed by atoms with E-state index < -0.39 is 0 Å². The van der Waals surface area contributed by atoms with Crippen LogP contribution < -0.4 is 4.74 Å². The van der Waals surface area contributed by atoms with Crippen LogP contribution in [0.5, 0.6) is 5.75 Å². The van der Waals surface area contributed by atoms with Crippen LogP contribution in [-0.4, -0.2) is 4.98 Å². The fourth-order valence-corrected chi connectivity index (χ4v) is 2.54. The number of oxazole rings is 1. The third kappa shape index (κ3) is 4.48. The van der Waals surface area contributed by atoms with Gasteiger partial charge in [-0.2, -0.15) is 5.26 Å². The van der Waals surface area contributed by atoms with Gasteiger partial charge in [0.2, 0.25) is 5.89 Å². The summed E-state index contributed by atoms with van der Waals surface area (Å²) in [6.45, 7) is 2.27. The molecule has 3 aromatic rings. The van der Waals surface area contributed by atoms with E-state index in [0.717, 1.165) is 35.6 Å². The van der Waals surface area contributed by atoms with Gasteiger partial charge in [0, 0.05) is 12.0 Å². The largest absolute Gasteiger partial charge is 0.487 e. The van der Waals surface area contributed by atoms with Gasteiger partial charge in [-0.25, -0.2) is 4.98 Å². The molecule has 0 aliphatic rings. The summed E-state index contributed by atoms with van der Waals surface area (Å²) in [5.74, 6) is 2.18. The number of aryl methyl sites for hydroxylation is 2. The van der Waals surface area contributed by atoms with E-state index in [1.54, 1.807) is 0 Å². The van der Waals surface area contributed by atoms with Crippen LogP contribution in [0, 0.1) is 18.3 Å². The SMILES string of the molecule is Cc1oc(-c2ccccc2)nc1COc1ccc(CCCC#N)cc1. The highest BCUT2D eigenvalue weighted by Gasteiger charge is 2.11. The van der Waals surface area contributed by atoms with E-state index in [9.17, 15) is 0 Å². The minimum Gasteiger partial charge on any atom is -0.487 e. The van der Waals surface area contributed by atoms with Crippen molar-refractivity contribution in [1.29, 1.82) is 5.26 Å². The molecule has 0 unspecified atom stereocenters. The first-order valence-corrected chi connectivity index (χ1v) is 8.36. The highest BCUT2D eigenvalue weighted by molar-refractivity contribution is 5.53. The maximum atomic E-state index is 8.58. The van der Waals surface area contributed by atoms with E-state index in [-0.39, 0.29) is 0 Å². The molecule has 0 spiro atoms. The smallest absolute Gasteiger partial charge is 0.226 e. The number of ether oxygens (including phenoxy) is 1. The third-order valence-corrected chi connectivity index (χ3v) is 3.97. The van der Waals surface area contributed by atoms with Gasteiger partial charge in [0.15, 0.2) is 0 Å². The Kier molecular flexibility index (Phi) is 5.48. The number of unbranched alkanes of at least 4 members (excludes halogenated alkanes) is 1. The Balaban J connectivity index is 1.60. The van der Waals surface area contributed by atoms with E-state index in [1.807, 2.05) is 61.5 Å². The lowest BCUT2D eigenvalue weighted by atomic mass is 10.1. The Labute approximate surface area is 147 Å². The van der Waals surface area contributed by atoms with Crippen LogP contribution in [0.15, 0.2) is 59.0 Å². The first kappa shape index (κ1) is 16.8. The second-order valence-corrected chi connectivity index (χ2v) is 5.83. The minimum absolute atomic E-state index is 0.371. The number of hydrogen-bond acceptors (Lipinski definition) is 4. The predicted octanol–water partition coefficient (Wildman–Crippen LogP) is 5.08. The van der Waals surface area contributed by atoms with Crippen molar-refractivity contribution in [3.63, 3.8) is 0 Å². The second-order valence-electron chi connectivity index (χ2n) is 5.83. The average molecular weight is 332 g/mol. The lowest BCUT2D eigenvalue weighted by molar-refractivity contribution is 0.299. The predicted molar refractivity (Wildman–Crippen MR) is 96.0 cm³/mol. The molecule has 4 heteroatoms. The summed E-state index contributed by atoms with van der Waals surface area (Å²) < 4.78 is 11.6. The van der Waals surface area contributed by atoms with Crippen molar-refractivity contribution in [3.8, 4) is 23.3 Å². The van der Waals surface area contributed by atoms with Crippen molar-refractivity contribution >= 4 is 0 Å². The second kappa shape index (κ2) is 8.16. The van der Waals surface area contributed by atoms with Crippen molar-refractivity contribution in [1.82, 2.24) is 4.98 Å². The van der Waals surface area contributed by atoms with Gasteiger partial charge in [-0.3, -0.25) is 0 Å². The van der Waals surface area contributed by atoms with E-state index in [0.29, 0.717) is 18.9 Å². The summed E-state index contributed by atoms with van der Waals surface area (Å²) in [6.07, 6.45) is 2.39. The number of hydrogen-bond donors (Lipinski definition) is 0. The van der Waals surface area contributed by atoms with Crippen molar-refractivity contribution in [2.75, 3.05) is 0 Å². The standard InChI is InChI=1S/C21H20N2O2/c1-16-20(23-21(25-16)18-8-3-2-4-9-18)15-24-19-12-10-17(11-13-19)7-5-6-14-22/h2-4,8-13H,5-7,15H2,1H3. The molecule has 3 rings (SSSR count). The van der Waals surface area contributed by atoms with Gasteiger partial charge in [-0.15, -0.1) is 0 Å². The fraction of sp³-hybridized carbons (Fsp3) is 0.238. The Morgan fingerprint density at radius 1 is 1.08 bits per heavy atom. The van der Waals surface area contributed by atoms with E-state index in [4.69, 9.17) is 14.4 Å². The quantitative estimate of drug-likeness (QED) is 0.566. The highest BCUT2D eigenvalue weighted by Crippen LogP contribution is 2.22. The zero-order valence-electron chi connectivity index (χ0n) is 14.2. The highest BCUT2D eigenvalue weighted by atomic mass is 16.5. The number of benzene rings is 2. The molecule has 126 valence electrons. The molecule has 4 nitrogen and oxygen atoms in total. The molecule has 1 heterocycles. The molecule has 0 radical (unpaired) electrons. The molecule has 1 aromatic heterocycles. The van der Waals surface area contributed by atoms with Crippen LogP contribution in [0.3, 0.4) is 0 Å². The average Bonchev–Trinajstić information content (AvgIpc) is 3.03. The molecule has 25 heavy (non-hydrogen) atoms. The van der Waals surface area contributed by atoms with Crippen LogP contribution in [0.25, 0.3) is 11.5 Å². The van der Waals surface area contributed by atoms with Crippen molar-refractivity contribution in [2.45, 2.75) is 32.8 Å². The van der Waals surface area contributed by atoms with E-state index in [1.165, 1.54) is 5.56 Å². The van der Waals surface area contributed by atoms with Gasteiger partial charge in [-0.05, 0) is 49.6 Å². The molecule has 0 bridgehead atoms. The summed E-state index contributed by atoms with van der Waals surface area (Å²) in [7, 11) is 0. The summed E-state index contributed by atoms with van der Waals surface area (Å²) in [5.41, 5.74) is 2.97. The Hall–Kier alpha value is -3.06. The maximum Gasteiger partial charge on any atom is 0.226 e. The number of aromatic nitrogens is 1. The van der Waals surface area contributed by atoms with Crippen LogP contribution in [0.1, 0.15) is 29.9 Å². The summed E-state index contributed by atoms with van der Waals surface area (Å²) in [5, 5.41) is 8.58. The van der Waals surface area contributed by atoms with E-state index >= 15 is 0 Å². The number of nitrogens with zero attached hydrogens (tertiary/aromatic N) is 2. The normalized spacial score (nSPS) is 10.4. The van der Waals surface area contributed by atoms with Crippen molar-refractivity contribution in [3.05, 3.63) is 71.6 Å². The lowest BCUT2D eigenvalue weighted by Crippen LogP contribution is -1.98. The maximum absolute atomic E-state index is 8.58. The van der Waals surface area contributed by atoms with Gasteiger partial charge >= 0.3 is 0 Å².